The zero-order valence-corrected chi connectivity index (χ0v) is 24.8. The third kappa shape index (κ3) is 5.47. The monoisotopic (exact) mass is 619 g/mol. The van der Waals surface area contributed by atoms with Crippen LogP contribution in [-0.4, -0.2) is 82.4 Å². The van der Waals surface area contributed by atoms with E-state index in [1.807, 2.05) is 84.9 Å². The number of ether oxygens (including phenoxy) is 1. The molecule has 0 spiro atoms. The second-order valence-electron chi connectivity index (χ2n) is 11.6. The second kappa shape index (κ2) is 12.3. The van der Waals surface area contributed by atoms with Crippen molar-refractivity contribution in [2.75, 3.05) is 12.3 Å². The van der Waals surface area contributed by atoms with Gasteiger partial charge in [-0.15, -0.1) is 0 Å². The third-order valence-corrected chi connectivity index (χ3v) is 8.73. The van der Waals surface area contributed by atoms with E-state index in [-0.39, 0.29) is 31.2 Å². The van der Waals surface area contributed by atoms with Gasteiger partial charge in [0.25, 0.3) is 5.91 Å². The van der Waals surface area contributed by atoms with Crippen LogP contribution < -0.4 is 5.73 Å². The molecule has 2 unspecified atom stereocenters. The SMILES string of the molecule is Nc1ncnc2c1ncn2[C@@H]1O[C@H](CCN2C(=O)C(Cc3ccc(-c4ccccc4)cc3)N(Cc3ccccc3)C2=O)[C@@H](O)C1O. The molecule has 2 fully saturated rings. The number of rotatable bonds is 9. The molecule has 2 saturated heterocycles. The van der Waals surface area contributed by atoms with Gasteiger partial charge in [-0.05, 0) is 28.7 Å². The molecule has 0 bridgehead atoms. The highest BCUT2D eigenvalue weighted by Gasteiger charge is 2.48. The van der Waals surface area contributed by atoms with Gasteiger partial charge in [-0.1, -0.05) is 84.9 Å². The first kappa shape index (κ1) is 29.5. The summed E-state index contributed by atoms with van der Waals surface area (Å²) in [6.07, 6.45) is -1.25. The number of imidazole rings is 1. The Balaban J connectivity index is 1.08. The van der Waals surface area contributed by atoms with E-state index in [2.05, 4.69) is 15.0 Å². The Labute approximate surface area is 264 Å². The predicted octanol–water partition coefficient (Wildman–Crippen LogP) is 3.16. The maximum atomic E-state index is 13.9. The Morgan fingerprint density at radius 1 is 0.804 bits per heavy atom. The number of nitrogens with zero attached hydrogens (tertiary/aromatic N) is 6. The number of hydrogen-bond acceptors (Lipinski definition) is 9. The number of hydrogen-bond donors (Lipinski definition) is 3. The number of aliphatic hydroxyl groups excluding tert-OH is 2. The summed E-state index contributed by atoms with van der Waals surface area (Å²) in [6.45, 7) is 0.282. The van der Waals surface area contributed by atoms with Gasteiger partial charge in [0.1, 0.15) is 30.1 Å². The lowest BCUT2D eigenvalue weighted by Crippen LogP contribution is -2.37. The number of urea groups is 1. The number of amides is 3. The zero-order valence-electron chi connectivity index (χ0n) is 24.8. The van der Waals surface area contributed by atoms with Crippen molar-refractivity contribution >= 4 is 28.9 Å². The van der Waals surface area contributed by atoms with Crippen molar-refractivity contribution in [2.24, 2.45) is 0 Å². The van der Waals surface area contributed by atoms with Crippen LogP contribution in [0.4, 0.5) is 10.6 Å². The molecule has 12 heteroatoms. The maximum Gasteiger partial charge on any atom is 0.327 e. The quantitative estimate of drug-likeness (QED) is 0.211. The van der Waals surface area contributed by atoms with Crippen molar-refractivity contribution in [1.82, 2.24) is 29.3 Å². The molecule has 5 atom stereocenters. The van der Waals surface area contributed by atoms with Crippen LogP contribution in [-0.2, 0) is 22.5 Å². The Morgan fingerprint density at radius 3 is 2.24 bits per heavy atom. The number of carbonyl (C=O) groups is 2. The highest BCUT2D eigenvalue weighted by Crippen LogP contribution is 2.34. The molecule has 2 aromatic heterocycles. The lowest BCUT2D eigenvalue weighted by molar-refractivity contribution is -0.128. The average molecular weight is 620 g/mol. The van der Waals surface area contributed by atoms with Crippen LogP contribution in [0, 0.1) is 0 Å². The number of nitrogen functional groups attached to an aromatic ring is 1. The minimum atomic E-state index is -1.30. The van der Waals surface area contributed by atoms with Gasteiger partial charge < -0.3 is 25.6 Å². The van der Waals surface area contributed by atoms with Crippen molar-refractivity contribution < 1.29 is 24.5 Å². The van der Waals surface area contributed by atoms with E-state index in [9.17, 15) is 19.8 Å². The molecular weight excluding hydrogens is 586 g/mol. The molecule has 234 valence electrons. The van der Waals surface area contributed by atoms with Crippen LogP contribution >= 0.6 is 0 Å². The molecule has 46 heavy (non-hydrogen) atoms. The number of aromatic nitrogens is 4. The van der Waals surface area contributed by atoms with Crippen LogP contribution in [0.2, 0.25) is 0 Å². The van der Waals surface area contributed by atoms with Crippen molar-refractivity contribution in [2.45, 2.75) is 50.0 Å². The molecule has 0 radical (unpaired) electrons. The summed E-state index contributed by atoms with van der Waals surface area (Å²) < 4.78 is 7.55. The fourth-order valence-corrected chi connectivity index (χ4v) is 6.25. The van der Waals surface area contributed by atoms with E-state index in [1.165, 1.54) is 22.1 Å². The Kier molecular flexibility index (Phi) is 7.91. The van der Waals surface area contributed by atoms with Gasteiger partial charge in [-0.3, -0.25) is 14.3 Å². The molecule has 0 saturated carbocycles. The largest absolute Gasteiger partial charge is 0.388 e. The van der Waals surface area contributed by atoms with Gasteiger partial charge in [0, 0.05) is 19.5 Å². The Bertz CT molecular complexity index is 1850. The molecule has 3 amide bonds. The van der Waals surface area contributed by atoms with E-state index in [0.29, 0.717) is 17.6 Å². The number of imide groups is 1. The molecule has 0 aliphatic carbocycles. The summed E-state index contributed by atoms with van der Waals surface area (Å²) in [5.41, 5.74) is 10.6. The summed E-state index contributed by atoms with van der Waals surface area (Å²) in [5, 5.41) is 21.8. The number of aliphatic hydroxyl groups is 2. The smallest absolute Gasteiger partial charge is 0.327 e. The van der Waals surface area contributed by atoms with Gasteiger partial charge in [-0.2, -0.15) is 0 Å². The molecule has 12 nitrogen and oxygen atoms in total. The normalized spacial score (nSPS) is 23.1. The number of benzene rings is 3. The van der Waals surface area contributed by atoms with Crippen molar-refractivity contribution in [3.63, 3.8) is 0 Å². The van der Waals surface area contributed by atoms with Crippen molar-refractivity contribution in [3.8, 4) is 11.1 Å². The van der Waals surface area contributed by atoms with E-state index >= 15 is 0 Å². The van der Waals surface area contributed by atoms with Crippen molar-refractivity contribution in [1.29, 1.82) is 0 Å². The van der Waals surface area contributed by atoms with E-state index in [4.69, 9.17) is 10.5 Å². The summed E-state index contributed by atoms with van der Waals surface area (Å²) in [4.78, 5) is 42.8. The summed E-state index contributed by atoms with van der Waals surface area (Å²) in [6, 6.07) is 26.5. The fraction of sp³-hybridized carbons (Fsp3) is 0.265. The summed E-state index contributed by atoms with van der Waals surface area (Å²) in [7, 11) is 0. The topological polar surface area (TPSA) is 160 Å². The number of fused-ring (bicyclic) bond motifs is 1. The average Bonchev–Trinajstić information content (AvgIpc) is 3.70. The van der Waals surface area contributed by atoms with E-state index < -0.39 is 36.6 Å². The standard InChI is InChI=1S/C34H33N7O5/c35-30-27-31(37-19-36-30)41(20-38-27)33-29(43)28(42)26(46-33)15-16-39-32(44)25(40(34(39)45)18-22-7-3-1-4-8-22)17-21-11-13-24(14-12-21)23-9-5-2-6-10-23/h1-14,19-20,25-26,28-29,33,42-43H,15-18H2,(H2,35,36,37)/t25?,26-,28-,29?,33-/m1/s1. The Hall–Kier alpha value is -5.17. The van der Waals surface area contributed by atoms with Crippen LogP contribution in [0.5, 0.6) is 0 Å². The Morgan fingerprint density at radius 2 is 1.50 bits per heavy atom. The van der Waals surface area contributed by atoms with Crippen LogP contribution in [0.1, 0.15) is 23.8 Å². The first-order chi connectivity index (χ1) is 22.4. The van der Waals surface area contributed by atoms with E-state index in [1.54, 1.807) is 4.90 Å². The number of carbonyl (C=O) groups excluding carboxylic acids is 2. The number of nitrogens with two attached hydrogens (primary N) is 1. The summed E-state index contributed by atoms with van der Waals surface area (Å²) >= 11 is 0. The minimum Gasteiger partial charge on any atom is -0.388 e. The van der Waals surface area contributed by atoms with Gasteiger partial charge >= 0.3 is 6.03 Å². The number of anilines is 1. The lowest BCUT2D eigenvalue weighted by atomic mass is 10.00. The molecule has 7 rings (SSSR count). The van der Waals surface area contributed by atoms with Gasteiger partial charge in [0.05, 0.1) is 12.4 Å². The summed E-state index contributed by atoms with van der Waals surface area (Å²) in [5.74, 6) is -0.133. The molecule has 4 N–H and O–H groups in total. The molecule has 5 aromatic rings. The maximum absolute atomic E-state index is 13.9. The second-order valence-corrected chi connectivity index (χ2v) is 11.6. The van der Waals surface area contributed by atoms with E-state index in [0.717, 1.165) is 22.3 Å². The minimum absolute atomic E-state index is 0.00730. The first-order valence-electron chi connectivity index (χ1n) is 15.1. The van der Waals surface area contributed by atoms with Crippen molar-refractivity contribution in [3.05, 3.63) is 109 Å². The highest BCUT2D eigenvalue weighted by atomic mass is 16.6. The third-order valence-electron chi connectivity index (χ3n) is 8.73. The highest BCUT2D eigenvalue weighted by molar-refractivity contribution is 6.04. The van der Waals surface area contributed by atoms with Gasteiger partial charge in [0.15, 0.2) is 17.7 Å². The molecular formula is C34H33N7O5. The predicted molar refractivity (Wildman–Crippen MR) is 169 cm³/mol. The molecule has 2 aliphatic heterocycles. The van der Waals surface area contributed by atoms with Gasteiger partial charge in [0.2, 0.25) is 0 Å². The molecule has 4 heterocycles. The van der Waals surface area contributed by atoms with Crippen LogP contribution in [0.15, 0.2) is 97.6 Å². The van der Waals surface area contributed by atoms with Gasteiger partial charge in [-0.25, -0.2) is 19.7 Å². The lowest BCUT2D eigenvalue weighted by Gasteiger charge is -2.22. The fourth-order valence-electron chi connectivity index (χ4n) is 6.25. The first-order valence-corrected chi connectivity index (χ1v) is 15.1. The van der Waals surface area contributed by atoms with Crippen LogP contribution in [0.25, 0.3) is 22.3 Å². The zero-order chi connectivity index (χ0) is 31.8. The molecule has 2 aliphatic rings. The molecule has 3 aromatic carbocycles. The van der Waals surface area contributed by atoms with Crippen LogP contribution in [0.3, 0.4) is 0 Å².